The van der Waals surface area contributed by atoms with Crippen molar-refractivity contribution in [3.05, 3.63) is 78.3 Å². The summed E-state index contributed by atoms with van der Waals surface area (Å²) >= 11 is 0. The molecule has 5 aromatic rings. The molecule has 0 bridgehead atoms. The van der Waals surface area contributed by atoms with Crippen LogP contribution in [0.1, 0.15) is 36.7 Å². The number of hydrogen-bond acceptors (Lipinski definition) is 6. The summed E-state index contributed by atoms with van der Waals surface area (Å²) in [6.07, 6.45) is 13.2. The molecule has 9 nitrogen and oxygen atoms in total. The average molecular weight is 463 g/mol. The maximum atomic E-state index is 11.8. The minimum Gasteiger partial charge on any atom is -0.340 e. The van der Waals surface area contributed by atoms with Gasteiger partial charge in [0.1, 0.15) is 5.69 Å². The van der Waals surface area contributed by atoms with Gasteiger partial charge in [0.25, 0.3) is 0 Å². The SMILES string of the molecule is CCC(=O)Nc1cncc(-c2cnc3n[nH]c(-c4nc5c([nH]4)CCC=C5c4ccncc4)c3c2)c1. The standard InChI is InChI=1S/C26H22N8O/c1-2-22(35)30-18-10-16(12-28-14-18)17-11-20-24(33-34-25(20)29-13-17)26-31-21-5-3-4-19(23(21)32-26)15-6-8-27-9-7-15/h4,6-14H,2-3,5H2,1H3,(H,30,35)(H,31,32)(H,29,33,34). The molecule has 0 saturated heterocycles. The van der Waals surface area contributed by atoms with Crippen molar-refractivity contribution in [2.24, 2.45) is 0 Å². The van der Waals surface area contributed by atoms with E-state index in [1.165, 1.54) is 0 Å². The topological polar surface area (TPSA) is 125 Å². The molecule has 6 rings (SSSR count). The van der Waals surface area contributed by atoms with E-state index in [0.29, 0.717) is 17.8 Å². The van der Waals surface area contributed by atoms with Gasteiger partial charge >= 0.3 is 0 Å². The van der Waals surface area contributed by atoms with E-state index in [-0.39, 0.29) is 5.91 Å². The second kappa shape index (κ2) is 8.60. The maximum absolute atomic E-state index is 11.8. The number of aromatic amines is 2. The lowest BCUT2D eigenvalue weighted by molar-refractivity contribution is -0.115. The third-order valence-corrected chi connectivity index (χ3v) is 6.09. The van der Waals surface area contributed by atoms with Gasteiger partial charge in [-0.2, -0.15) is 5.10 Å². The van der Waals surface area contributed by atoms with Crippen molar-refractivity contribution in [2.45, 2.75) is 26.2 Å². The first-order valence-corrected chi connectivity index (χ1v) is 11.5. The second-order valence-electron chi connectivity index (χ2n) is 8.36. The van der Waals surface area contributed by atoms with Crippen molar-refractivity contribution in [1.29, 1.82) is 0 Å². The van der Waals surface area contributed by atoms with Gasteiger partial charge in [-0.25, -0.2) is 9.97 Å². The summed E-state index contributed by atoms with van der Waals surface area (Å²) in [7, 11) is 0. The Morgan fingerprint density at radius 2 is 1.91 bits per heavy atom. The molecular weight excluding hydrogens is 440 g/mol. The molecule has 3 N–H and O–H groups in total. The molecule has 9 heteroatoms. The van der Waals surface area contributed by atoms with Crippen LogP contribution in [0.3, 0.4) is 0 Å². The van der Waals surface area contributed by atoms with Gasteiger partial charge in [0.2, 0.25) is 5.91 Å². The van der Waals surface area contributed by atoms with Crippen LogP contribution in [-0.4, -0.2) is 41.0 Å². The zero-order valence-electron chi connectivity index (χ0n) is 19.0. The highest BCUT2D eigenvalue weighted by molar-refractivity contribution is 5.94. The van der Waals surface area contributed by atoms with E-state index in [0.717, 1.165) is 63.4 Å². The van der Waals surface area contributed by atoms with E-state index in [1.807, 2.05) is 31.2 Å². The van der Waals surface area contributed by atoms with E-state index in [1.54, 1.807) is 31.0 Å². The van der Waals surface area contributed by atoms with Crippen LogP contribution < -0.4 is 5.32 Å². The highest BCUT2D eigenvalue weighted by Gasteiger charge is 2.22. The van der Waals surface area contributed by atoms with E-state index < -0.39 is 0 Å². The molecule has 172 valence electrons. The minimum atomic E-state index is -0.0587. The fourth-order valence-electron chi connectivity index (χ4n) is 4.33. The molecule has 1 amide bonds. The van der Waals surface area contributed by atoms with Crippen LogP contribution in [0, 0.1) is 0 Å². The number of amides is 1. The summed E-state index contributed by atoms with van der Waals surface area (Å²) in [6, 6.07) is 7.91. The predicted molar refractivity (Wildman–Crippen MR) is 133 cm³/mol. The molecule has 0 radical (unpaired) electrons. The monoisotopic (exact) mass is 462 g/mol. The summed E-state index contributed by atoms with van der Waals surface area (Å²) < 4.78 is 0. The van der Waals surface area contributed by atoms with Crippen LogP contribution in [0.25, 0.3) is 39.3 Å². The Morgan fingerprint density at radius 1 is 1.06 bits per heavy atom. The second-order valence-corrected chi connectivity index (χ2v) is 8.36. The number of aromatic nitrogens is 7. The van der Waals surface area contributed by atoms with Crippen molar-refractivity contribution in [3.8, 4) is 22.6 Å². The third kappa shape index (κ3) is 3.86. The molecule has 0 aliphatic heterocycles. The van der Waals surface area contributed by atoms with Crippen LogP contribution >= 0.6 is 0 Å². The molecule has 5 aromatic heterocycles. The lowest BCUT2D eigenvalue weighted by atomic mass is 9.95. The average Bonchev–Trinajstić information content (AvgIpc) is 3.53. The number of aryl methyl sites for hydroxylation is 1. The fourth-order valence-corrected chi connectivity index (χ4v) is 4.33. The number of imidazole rings is 1. The summed E-state index contributed by atoms with van der Waals surface area (Å²) in [6.45, 7) is 1.81. The van der Waals surface area contributed by atoms with Gasteiger partial charge in [0, 0.05) is 53.6 Å². The van der Waals surface area contributed by atoms with E-state index in [9.17, 15) is 4.79 Å². The Hall–Kier alpha value is -4.66. The Labute approximate surface area is 200 Å². The molecule has 35 heavy (non-hydrogen) atoms. The van der Waals surface area contributed by atoms with E-state index >= 15 is 0 Å². The number of pyridine rings is 3. The molecule has 0 atom stereocenters. The van der Waals surface area contributed by atoms with Crippen LogP contribution in [-0.2, 0) is 11.2 Å². The first-order chi connectivity index (χ1) is 17.2. The summed E-state index contributed by atoms with van der Waals surface area (Å²) in [5.41, 5.74) is 8.01. The number of H-pyrrole nitrogens is 2. The van der Waals surface area contributed by atoms with Crippen molar-refractivity contribution in [3.63, 3.8) is 0 Å². The van der Waals surface area contributed by atoms with Gasteiger partial charge in [-0.05, 0) is 42.7 Å². The molecule has 0 saturated carbocycles. The predicted octanol–water partition coefficient (Wildman–Crippen LogP) is 4.53. The lowest BCUT2D eigenvalue weighted by Crippen LogP contribution is -2.09. The van der Waals surface area contributed by atoms with Crippen molar-refractivity contribution in [1.82, 2.24) is 35.1 Å². The Morgan fingerprint density at radius 3 is 2.77 bits per heavy atom. The van der Waals surface area contributed by atoms with Crippen molar-refractivity contribution >= 4 is 28.2 Å². The smallest absolute Gasteiger partial charge is 0.224 e. The maximum Gasteiger partial charge on any atom is 0.224 e. The first-order valence-electron chi connectivity index (χ1n) is 11.5. The molecule has 0 unspecified atom stereocenters. The van der Waals surface area contributed by atoms with Crippen LogP contribution in [0.5, 0.6) is 0 Å². The largest absolute Gasteiger partial charge is 0.340 e. The summed E-state index contributed by atoms with van der Waals surface area (Å²) in [5, 5.41) is 11.2. The normalized spacial score (nSPS) is 12.9. The quantitative estimate of drug-likeness (QED) is 0.352. The van der Waals surface area contributed by atoms with Crippen LogP contribution in [0.2, 0.25) is 0 Å². The highest BCUT2D eigenvalue weighted by Crippen LogP contribution is 2.34. The van der Waals surface area contributed by atoms with Gasteiger partial charge in [-0.3, -0.25) is 19.9 Å². The molecule has 0 aromatic carbocycles. The number of rotatable bonds is 5. The number of carbonyl (C=O) groups excluding carboxylic acids is 1. The molecule has 5 heterocycles. The highest BCUT2D eigenvalue weighted by atomic mass is 16.1. The summed E-state index contributed by atoms with van der Waals surface area (Å²) in [5.74, 6) is 0.664. The number of nitrogens with one attached hydrogen (secondary N) is 3. The lowest BCUT2D eigenvalue weighted by Gasteiger charge is -2.12. The number of allylic oxidation sites excluding steroid dienone is 1. The van der Waals surface area contributed by atoms with Gasteiger partial charge in [0.05, 0.1) is 23.0 Å². The molecule has 1 aliphatic rings. The molecule has 1 aliphatic carbocycles. The van der Waals surface area contributed by atoms with E-state index in [2.05, 4.69) is 41.5 Å². The number of fused-ring (bicyclic) bond motifs is 2. The zero-order chi connectivity index (χ0) is 23.8. The van der Waals surface area contributed by atoms with Crippen LogP contribution in [0.4, 0.5) is 5.69 Å². The third-order valence-electron chi connectivity index (χ3n) is 6.09. The van der Waals surface area contributed by atoms with Gasteiger partial charge in [0.15, 0.2) is 11.5 Å². The van der Waals surface area contributed by atoms with Crippen molar-refractivity contribution in [2.75, 3.05) is 5.32 Å². The Balaban J connectivity index is 1.39. The fraction of sp³-hybridized carbons (Fsp3) is 0.154. The van der Waals surface area contributed by atoms with Crippen molar-refractivity contribution < 1.29 is 4.79 Å². The summed E-state index contributed by atoms with van der Waals surface area (Å²) in [4.78, 5) is 33.2. The minimum absolute atomic E-state index is 0.0587. The number of hydrogen-bond donors (Lipinski definition) is 3. The number of nitrogens with zero attached hydrogens (tertiary/aromatic N) is 5. The Kier molecular flexibility index (Phi) is 5.14. The van der Waals surface area contributed by atoms with Gasteiger partial charge in [-0.15, -0.1) is 0 Å². The molecule has 0 spiro atoms. The zero-order valence-corrected chi connectivity index (χ0v) is 19.0. The van der Waals surface area contributed by atoms with E-state index in [4.69, 9.17) is 4.98 Å². The number of carbonyl (C=O) groups is 1. The molecule has 0 fully saturated rings. The first kappa shape index (κ1) is 20.9. The number of anilines is 1. The van der Waals surface area contributed by atoms with Gasteiger partial charge < -0.3 is 10.3 Å². The molecular formula is C26H22N8O. The van der Waals surface area contributed by atoms with Gasteiger partial charge in [-0.1, -0.05) is 13.0 Å². The Bertz CT molecular complexity index is 1580. The van der Waals surface area contributed by atoms with Crippen LogP contribution in [0.15, 0.2) is 61.3 Å².